The molecular formula is C10H18N3O13P3S. The number of anilines is 1. The van der Waals surface area contributed by atoms with Crippen LogP contribution in [0.1, 0.15) is 13.2 Å². The number of hydrogen-bond donors (Lipinski definition) is 7. The molecular weight excluding hydrogens is 495 g/mol. The maximum Gasteiger partial charge on any atom is 0.490 e. The number of nitrogens with zero attached hydrogens (tertiary/aromatic N) is 2. The smallest absolute Gasteiger partial charge is 0.387 e. The van der Waals surface area contributed by atoms with Crippen LogP contribution in [-0.4, -0.2) is 63.8 Å². The number of rotatable bonds is 8. The van der Waals surface area contributed by atoms with E-state index in [1.54, 1.807) is 0 Å². The van der Waals surface area contributed by atoms with E-state index < -0.39 is 54.1 Å². The molecule has 2 heterocycles. The number of nitrogens with two attached hydrogens (primary N) is 1. The molecule has 1 aromatic heterocycles. The molecule has 1 fully saturated rings. The highest BCUT2D eigenvalue weighted by molar-refractivity contribution is 7.71. The van der Waals surface area contributed by atoms with Gasteiger partial charge in [-0.2, -0.15) is 8.62 Å². The van der Waals surface area contributed by atoms with Crippen LogP contribution in [0.2, 0.25) is 0 Å². The third-order valence-corrected chi connectivity index (χ3v) is 7.78. The Kier molecular flexibility index (Phi) is 7.46. The molecule has 2 rings (SSSR count). The first-order valence-corrected chi connectivity index (χ1v) is 12.6. The minimum Gasteiger partial charge on any atom is -0.387 e. The fourth-order valence-electron chi connectivity index (χ4n) is 2.45. The molecule has 0 amide bonds. The van der Waals surface area contributed by atoms with Crippen LogP contribution in [0.25, 0.3) is 0 Å². The van der Waals surface area contributed by atoms with Crippen molar-refractivity contribution in [2.75, 3.05) is 12.3 Å². The van der Waals surface area contributed by atoms with E-state index in [1.165, 1.54) is 19.2 Å². The lowest BCUT2D eigenvalue weighted by molar-refractivity contribution is -0.0977. The van der Waals surface area contributed by atoms with Gasteiger partial charge in [-0.05, 0) is 25.2 Å². The van der Waals surface area contributed by atoms with Gasteiger partial charge in [0, 0.05) is 6.20 Å². The minimum atomic E-state index is -5.70. The van der Waals surface area contributed by atoms with Gasteiger partial charge in [0.2, 0.25) is 4.77 Å². The molecule has 0 aliphatic carbocycles. The van der Waals surface area contributed by atoms with Crippen LogP contribution in [0.5, 0.6) is 0 Å². The first-order valence-electron chi connectivity index (χ1n) is 7.62. The van der Waals surface area contributed by atoms with Crippen LogP contribution in [0.15, 0.2) is 12.3 Å². The number of aliphatic hydroxyl groups is 2. The van der Waals surface area contributed by atoms with Crippen LogP contribution in [0.4, 0.5) is 5.82 Å². The van der Waals surface area contributed by atoms with Crippen LogP contribution in [0.3, 0.4) is 0 Å². The van der Waals surface area contributed by atoms with Gasteiger partial charge in [-0.15, -0.1) is 0 Å². The first kappa shape index (κ1) is 25.6. The van der Waals surface area contributed by atoms with E-state index in [4.69, 9.17) is 37.4 Å². The summed E-state index contributed by atoms with van der Waals surface area (Å²) >= 11 is 5.01. The fraction of sp³-hybridized carbons (Fsp3) is 0.600. The monoisotopic (exact) mass is 513 g/mol. The molecule has 0 spiro atoms. The number of aliphatic hydroxyl groups excluding tert-OH is 1. The van der Waals surface area contributed by atoms with Crippen molar-refractivity contribution in [1.29, 1.82) is 0 Å². The normalized spacial score (nSPS) is 31.2. The minimum absolute atomic E-state index is 0.0821. The van der Waals surface area contributed by atoms with E-state index in [2.05, 4.69) is 18.1 Å². The summed E-state index contributed by atoms with van der Waals surface area (Å²) in [6.07, 6.45) is -3.20. The Hall–Kier alpha value is -0.610. The zero-order chi connectivity index (χ0) is 23.1. The first-order chi connectivity index (χ1) is 13.4. The summed E-state index contributed by atoms with van der Waals surface area (Å²) in [6, 6.07) is 1.33. The quantitative estimate of drug-likeness (QED) is 0.172. The second kappa shape index (κ2) is 8.73. The summed E-state index contributed by atoms with van der Waals surface area (Å²) in [7, 11) is -16.7. The average Bonchev–Trinajstić information content (AvgIpc) is 2.73. The van der Waals surface area contributed by atoms with Crippen molar-refractivity contribution < 1.29 is 61.4 Å². The molecule has 172 valence electrons. The molecule has 6 atom stereocenters. The number of ether oxygens (including phenoxy) is 1. The molecule has 1 aliphatic rings. The molecule has 0 aromatic carbocycles. The number of aromatic nitrogens is 2. The van der Waals surface area contributed by atoms with Crippen LogP contribution >= 0.6 is 35.7 Å². The second-order valence-corrected chi connectivity index (χ2v) is 10.9. The number of phosphoric ester groups is 1. The molecule has 1 aliphatic heterocycles. The molecule has 8 N–H and O–H groups in total. The Bertz CT molecular complexity index is 995. The van der Waals surface area contributed by atoms with Crippen molar-refractivity contribution in [1.82, 2.24) is 9.55 Å². The summed E-state index contributed by atoms with van der Waals surface area (Å²) in [6.45, 7) is 0.207. The lowest BCUT2D eigenvalue weighted by Gasteiger charge is -2.28. The number of nitrogen functional groups attached to an aromatic ring is 1. The second-order valence-electron chi connectivity index (χ2n) is 6.13. The summed E-state index contributed by atoms with van der Waals surface area (Å²) in [5.41, 5.74) is 3.49. The van der Waals surface area contributed by atoms with Crippen molar-refractivity contribution in [3.8, 4) is 0 Å². The van der Waals surface area contributed by atoms with Crippen LogP contribution in [-0.2, 0) is 31.6 Å². The van der Waals surface area contributed by atoms with E-state index in [9.17, 15) is 28.8 Å². The maximum absolute atomic E-state index is 11.8. The van der Waals surface area contributed by atoms with E-state index in [-0.39, 0.29) is 10.6 Å². The molecule has 1 aromatic rings. The van der Waals surface area contributed by atoms with E-state index in [0.29, 0.717) is 0 Å². The molecule has 16 nitrogen and oxygen atoms in total. The molecule has 1 saturated heterocycles. The number of hydrogen-bond acceptors (Lipinski definition) is 12. The van der Waals surface area contributed by atoms with Crippen LogP contribution < -0.4 is 5.73 Å². The number of phosphoric acid groups is 3. The zero-order valence-electron chi connectivity index (χ0n) is 14.9. The maximum atomic E-state index is 11.8. The van der Waals surface area contributed by atoms with E-state index in [1.807, 2.05) is 0 Å². The molecule has 30 heavy (non-hydrogen) atoms. The lowest BCUT2D eigenvalue weighted by Crippen LogP contribution is -2.44. The van der Waals surface area contributed by atoms with Gasteiger partial charge in [0.25, 0.3) is 0 Å². The van der Waals surface area contributed by atoms with Gasteiger partial charge >= 0.3 is 23.5 Å². The van der Waals surface area contributed by atoms with Crippen molar-refractivity contribution in [2.45, 2.75) is 31.0 Å². The van der Waals surface area contributed by atoms with Crippen molar-refractivity contribution in [3.63, 3.8) is 0 Å². The summed E-state index contributed by atoms with van der Waals surface area (Å²) in [5.74, 6) is 0.0821. The third-order valence-electron chi connectivity index (χ3n) is 3.68. The Morgan fingerprint density at radius 3 is 2.40 bits per heavy atom. The predicted octanol–water partition coefficient (Wildman–Crippen LogP) is -0.453. The van der Waals surface area contributed by atoms with Gasteiger partial charge in [0.05, 0.1) is 6.61 Å². The van der Waals surface area contributed by atoms with Crippen molar-refractivity contribution >= 4 is 41.5 Å². The van der Waals surface area contributed by atoms with Crippen molar-refractivity contribution in [2.24, 2.45) is 0 Å². The van der Waals surface area contributed by atoms with Gasteiger partial charge in [0.15, 0.2) is 6.23 Å². The molecule has 0 bridgehead atoms. The van der Waals surface area contributed by atoms with E-state index in [0.717, 1.165) is 4.57 Å². The summed E-state index contributed by atoms with van der Waals surface area (Å²) in [5, 5.41) is 20.9. The summed E-state index contributed by atoms with van der Waals surface area (Å²) < 4.78 is 51.7. The third kappa shape index (κ3) is 6.45. The van der Waals surface area contributed by atoms with Crippen LogP contribution in [0, 0.1) is 4.77 Å². The molecule has 0 radical (unpaired) electrons. The molecule has 0 saturated carbocycles. The fourth-order valence-corrected chi connectivity index (χ4v) is 5.74. The predicted molar refractivity (Wildman–Crippen MR) is 97.8 cm³/mol. The zero-order valence-corrected chi connectivity index (χ0v) is 18.4. The van der Waals surface area contributed by atoms with Gasteiger partial charge in [-0.3, -0.25) is 9.09 Å². The van der Waals surface area contributed by atoms with Crippen molar-refractivity contribution in [3.05, 3.63) is 17.0 Å². The highest BCUT2D eigenvalue weighted by atomic mass is 32.1. The molecule has 6 unspecified atom stereocenters. The van der Waals surface area contributed by atoms with Gasteiger partial charge in [-0.1, -0.05) is 0 Å². The van der Waals surface area contributed by atoms with E-state index >= 15 is 0 Å². The average molecular weight is 513 g/mol. The Balaban J connectivity index is 2.12. The van der Waals surface area contributed by atoms with Gasteiger partial charge < -0.3 is 40.3 Å². The highest BCUT2D eigenvalue weighted by Gasteiger charge is 2.54. The summed E-state index contributed by atoms with van der Waals surface area (Å²) in [4.78, 5) is 39.4. The van der Waals surface area contributed by atoms with Gasteiger partial charge in [-0.25, -0.2) is 18.7 Å². The largest absolute Gasteiger partial charge is 0.490 e. The Morgan fingerprint density at radius 1 is 1.27 bits per heavy atom. The topological polar surface area (TPSA) is 253 Å². The molecule has 20 heteroatoms. The SMILES string of the molecule is CC1(O)C(O)C(COP(=O)(O)OP(=O)(O)OP(=O)(O)O)OC1n1ccc(N)nc1=S. The highest BCUT2D eigenvalue weighted by Crippen LogP contribution is 2.66. The standard InChI is InChI=1S/C10H18N3O13P3S/c1-10(15)7(14)5(24-8(10)13-3-2-6(11)12-9(13)30)4-23-28(19,20)26-29(21,22)25-27(16,17)18/h2-3,5,7-8,14-15H,4H2,1H3,(H,19,20)(H,21,22)(H2,11,12,30)(H2,16,17,18). The Labute approximate surface area is 173 Å². The lowest BCUT2D eigenvalue weighted by atomic mass is 9.96. The van der Waals surface area contributed by atoms with Gasteiger partial charge in [0.1, 0.15) is 23.6 Å². The Morgan fingerprint density at radius 2 is 1.87 bits per heavy atom.